The minimum atomic E-state index is -0.798. The van der Waals surface area contributed by atoms with Crippen LogP contribution in [0.2, 0.25) is 0 Å². The lowest BCUT2D eigenvalue weighted by molar-refractivity contribution is -0.143. The highest BCUT2D eigenvalue weighted by Gasteiger charge is 2.25. The van der Waals surface area contributed by atoms with E-state index in [4.69, 9.17) is 9.84 Å². The van der Waals surface area contributed by atoms with Crippen molar-refractivity contribution in [1.29, 1.82) is 0 Å². The minimum Gasteiger partial charge on any atom is -0.489 e. The minimum absolute atomic E-state index is 0.269. The van der Waals surface area contributed by atoms with Crippen molar-refractivity contribution >= 4 is 5.97 Å². The third-order valence-corrected chi connectivity index (χ3v) is 4.42. The SMILES string of the molecule is CC(C(=O)O)N1CCc2cc(OCc3cccc(F)c3)ccc2C1. The lowest BCUT2D eigenvalue weighted by Gasteiger charge is -2.31. The predicted molar refractivity (Wildman–Crippen MR) is 88.4 cm³/mol. The summed E-state index contributed by atoms with van der Waals surface area (Å²) in [5.41, 5.74) is 3.10. The Morgan fingerprint density at radius 3 is 2.88 bits per heavy atom. The molecule has 126 valence electrons. The van der Waals surface area contributed by atoms with Gasteiger partial charge in [-0.05, 0) is 54.3 Å². The highest BCUT2D eigenvalue weighted by atomic mass is 19.1. The number of aliphatic carboxylic acids is 1. The van der Waals surface area contributed by atoms with Gasteiger partial charge in [0.25, 0.3) is 0 Å². The maximum absolute atomic E-state index is 13.2. The Balaban J connectivity index is 1.66. The summed E-state index contributed by atoms with van der Waals surface area (Å²) in [6, 6.07) is 11.7. The van der Waals surface area contributed by atoms with E-state index >= 15 is 0 Å². The van der Waals surface area contributed by atoms with E-state index in [9.17, 15) is 9.18 Å². The fraction of sp³-hybridized carbons (Fsp3) is 0.316. The van der Waals surface area contributed by atoms with Crippen molar-refractivity contribution < 1.29 is 19.0 Å². The van der Waals surface area contributed by atoms with Crippen molar-refractivity contribution in [3.8, 4) is 5.75 Å². The van der Waals surface area contributed by atoms with Crippen LogP contribution in [0, 0.1) is 5.82 Å². The van der Waals surface area contributed by atoms with E-state index in [1.165, 1.54) is 17.7 Å². The third-order valence-electron chi connectivity index (χ3n) is 4.42. The maximum atomic E-state index is 13.2. The maximum Gasteiger partial charge on any atom is 0.320 e. The highest BCUT2D eigenvalue weighted by molar-refractivity contribution is 5.73. The zero-order valence-corrected chi connectivity index (χ0v) is 13.5. The van der Waals surface area contributed by atoms with Crippen molar-refractivity contribution in [2.45, 2.75) is 32.5 Å². The Kier molecular flexibility index (Phi) is 4.81. The van der Waals surface area contributed by atoms with Crippen molar-refractivity contribution in [2.75, 3.05) is 6.54 Å². The van der Waals surface area contributed by atoms with Crippen LogP contribution in [0.1, 0.15) is 23.6 Å². The molecule has 2 aromatic carbocycles. The quantitative estimate of drug-likeness (QED) is 0.915. The van der Waals surface area contributed by atoms with Gasteiger partial charge in [0.15, 0.2) is 0 Å². The van der Waals surface area contributed by atoms with Gasteiger partial charge < -0.3 is 9.84 Å². The molecule has 0 radical (unpaired) electrons. The average Bonchev–Trinajstić information content (AvgIpc) is 2.58. The molecule has 2 aromatic rings. The number of hydrogen-bond acceptors (Lipinski definition) is 3. The van der Waals surface area contributed by atoms with Gasteiger partial charge in [-0.25, -0.2) is 4.39 Å². The third kappa shape index (κ3) is 3.74. The Morgan fingerprint density at radius 2 is 2.12 bits per heavy atom. The van der Waals surface area contributed by atoms with Crippen molar-refractivity contribution in [3.63, 3.8) is 0 Å². The molecule has 1 unspecified atom stereocenters. The van der Waals surface area contributed by atoms with E-state index < -0.39 is 12.0 Å². The molecule has 1 N–H and O–H groups in total. The van der Waals surface area contributed by atoms with Crippen LogP contribution in [0.5, 0.6) is 5.75 Å². The summed E-state index contributed by atoms with van der Waals surface area (Å²) in [6.45, 7) is 3.38. The Labute approximate surface area is 140 Å². The number of carboxylic acids is 1. The molecule has 0 saturated carbocycles. The van der Waals surface area contributed by atoms with E-state index in [-0.39, 0.29) is 5.82 Å². The van der Waals surface area contributed by atoms with Gasteiger partial charge in [-0.2, -0.15) is 0 Å². The lowest BCUT2D eigenvalue weighted by atomic mass is 9.98. The number of ether oxygens (including phenoxy) is 1. The summed E-state index contributed by atoms with van der Waals surface area (Å²) in [4.78, 5) is 13.1. The number of fused-ring (bicyclic) bond motifs is 1. The summed E-state index contributed by atoms with van der Waals surface area (Å²) < 4.78 is 18.9. The second kappa shape index (κ2) is 7.01. The normalized spacial score (nSPS) is 15.6. The van der Waals surface area contributed by atoms with Gasteiger partial charge in [0.05, 0.1) is 0 Å². The largest absolute Gasteiger partial charge is 0.489 e. The molecular weight excluding hydrogens is 309 g/mol. The molecule has 1 heterocycles. The monoisotopic (exact) mass is 329 g/mol. The molecule has 4 nitrogen and oxygen atoms in total. The number of carboxylic acid groups (broad SMARTS) is 1. The number of benzene rings is 2. The molecular formula is C19H20FNO3. The van der Waals surface area contributed by atoms with Crippen LogP contribution in [0.4, 0.5) is 4.39 Å². The fourth-order valence-electron chi connectivity index (χ4n) is 2.92. The van der Waals surface area contributed by atoms with Crippen molar-refractivity contribution in [2.24, 2.45) is 0 Å². The van der Waals surface area contributed by atoms with Gasteiger partial charge in [0, 0.05) is 13.1 Å². The molecule has 0 aliphatic carbocycles. The molecule has 0 saturated heterocycles. The summed E-state index contributed by atoms with van der Waals surface area (Å²) in [5, 5.41) is 9.14. The van der Waals surface area contributed by atoms with Crippen LogP contribution in [0.25, 0.3) is 0 Å². The number of carbonyl (C=O) groups is 1. The summed E-state index contributed by atoms with van der Waals surface area (Å²) in [7, 11) is 0. The van der Waals surface area contributed by atoms with E-state index in [1.54, 1.807) is 13.0 Å². The van der Waals surface area contributed by atoms with Gasteiger partial charge in [0.2, 0.25) is 0 Å². The van der Waals surface area contributed by atoms with Gasteiger partial charge >= 0.3 is 5.97 Å². The highest BCUT2D eigenvalue weighted by Crippen LogP contribution is 2.25. The summed E-state index contributed by atoms with van der Waals surface area (Å²) in [6.07, 6.45) is 0.796. The second-order valence-corrected chi connectivity index (χ2v) is 6.08. The first kappa shape index (κ1) is 16.5. The Bertz CT molecular complexity index is 747. The van der Waals surface area contributed by atoms with Gasteiger partial charge in [-0.15, -0.1) is 0 Å². The van der Waals surface area contributed by atoms with Crippen LogP contribution in [0.15, 0.2) is 42.5 Å². The van der Waals surface area contributed by atoms with Crippen molar-refractivity contribution in [1.82, 2.24) is 4.90 Å². The molecule has 0 fully saturated rings. The fourth-order valence-corrected chi connectivity index (χ4v) is 2.92. The number of rotatable bonds is 5. The Hall–Kier alpha value is -2.40. The van der Waals surface area contributed by atoms with E-state index in [2.05, 4.69) is 0 Å². The van der Waals surface area contributed by atoms with Gasteiger partial charge in [-0.1, -0.05) is 18.2 Å². The average molecular weight is 329 g/mol. The van der Waals surface area contributed by atoms with E-state index in [0.29, 0.717) is 19.7 Å². The van der Waals surface area contributed by atoms with Crippen LogP contribution in [-0.4, -0.2) is 28.6 Å². The molecule has 1 atom stereocenters. The summed E-state index contributed by atoms with van der Waals surface area (Å²) in [5.74, 6) is -0.319. The van der Waals surface area contributed by atoms with Crippen LogP contribution in [-0.2, 0) is 24.4 Å². The molecule has 24 heavy (non-hydrogen) atoms. The van der Waals surface area contributed by atoms with E-state index in [0.717, 1.165) is 23.3 Å². The molecule has 5 heteroatoms. The zero-order chi connectivity index (χ0) is 17.1. The molecule has 1 aliphatic rings. The number of nitrogens with zero attached hydrogens (tertiary/aromatic N) is 1. The molecule has 3 rings (SSSR count). The predicted octanol–water partition coefficient (Wildman–Crippen LogP) is 3.24. The molecule has 0 bridgehead atoms. The molecule has 0 aromatic heterocycles. The van der Waals surface area contributed by atoms with Gasteiger partial charge in [-0.3, -0.25) is 9.69 Å². The van der Waals surface area contributed by atoms with Crippen LogP contribution < -0.4 is 4.74 Å². The van der Waals surface area contributed by atoms with Crippen LogP contribution >= 0.6 is 0 Å². The molecule has 0 amide bonds. The number of halogens is 1. The smallest absolute Gasteiger partial charge is 0.320 e. The molecule has 0 spiro atoms. The van der Waals surface area contributed by atoms with Crippen molar-refractivity contribution in [3.05, 3.63) is 65.0 Å². The first-order valence-corrected chi connectivity index (χ1v) is 7.99. The summed E-state index contributed by atoms with van der Waals surface area (Å²) >= 11 is 0. The first-order valence-electron chi connectivity index (χ1n) is 7.99. The van der Waals surface area contributed by atoms with Gasteiger partial charge in [0.1, 0.15) is 24.2 Å². The van der Waals surface area contributed by atoms with E-state index in [1.807, 2.05) is 29.2 Å². The topological polar surface area (TPSA) is 49.8 Å². The molecule has 1 aliphatic heterocycles. The van der Waals surface area contributed by atoms with Crippen LogP contribution in [0.3, 0.4) is 0 Å². The first-order chi connectivity index (χ1) is 11.5. The Morgan fingerprint density at radius 1 is 1.29 bits per heavy atom. The standard InChI is InChI=1S/C19H20FNO3/c1-13(19(22)23)21-8-7-15-10-18(6-5-16(15)11-21)24-12-14-3-2-4-17(20)9-14/h2-6,9-10,13H,7-8,11-12H2,1H3,(H,22,23). The second-order valence-electron chi connectivity index (χ2n) is 6.08. The zero-order valence-electron chi connectivity index (χ0n) is 13.5. The lowest BCUT2D eigenvalue weighted by Crippen LogP contribution is -2.42. The number of hydrogen-bond donors (Lipinski definition) is 1.